The van der Waals surface area contributed by atoms with Crippen LogP contribution in [0.15, 0.2) is 48.2 Å². The molecule has 140 valence electrons. The molecule has 0 aliphatic carbocycles. The van der Waals surface area contributed by atoms with Crippen molar-refractivity contribution in [2.24, 2.45) is 0 Å². The number of nitrogens with zero attached hydrogens (tertiary/aromatic N) is 4. The van der Waals surface area contributed by atoms with E-state index in [0.29, 0.717) is 18.4 Å². The Labute approximate surface area is 171 Å². The molecular formula is C21H18N4OS2. The van der Waals surface area contributed by atoms with Crippen LogP contribution in [0.5, 0.6) is 0 Å². The van der Waals surface area contributed by atoms with Crippen LogP contribution in [0.3, 0.4) is 0 Å². The van der Waals surface area contributed by atoms with Gasteiger partial charge in [0.15, 0.2) is 5.78 Å². The zero-order valence-electron chi connectivity index (χ0n) is 15.5. The molecule has 0 aliphatic heterocycles. The standard InChI is InChI=1S/C21H18N4OS2/c1-13-21(28-14(2)24-13)18-12-27-20(25-18)9-17-6-5-16(11-23-17)19(26)8-15-4-3-7-22-10-15/h3-7,10-12H,8-9H2,1-2H3. The van der Waals surface area contributed by atoms with E-state index in [1.165, 1.54) is 0 Å². The fourth-order valence-electron chi connectivity index (χ4n) is 2.90. The minimum atomic E-state index is 0.0413. The highest BCUT2D eigenvalue weighted by molar-refractivity contribution is 7.15. The Bertz CT molecular complexity index is 1100. The van der Waals surface area contributed by atoms with Gasteiger partial charge < -0.3 is 0 Å². The van der Waals surface area contributed by atoms with Crippen LogP contribution in [0.1, 0.15) is 37.3 Å². The lowest BCUT2D eigenvalue weighted by atomic mass is 10.1. The smallest absolute Gasteiger partial charge is 0.168 e. The molecule has 7 heteroatoms. The van der Waals surface area contributed by atoms with E-state index in [1.807, 2.05) is 38.1 Å². The second-order valence-electron chi connectivity index (χ2n) is 6.45. The minimum Gasteiger partial charge on any atom is -0.294 e. The van der Waals surface area contributed by atoms with Crippen LogP contribution >= 0.6 is 22.7 Å². The molecular weight excluding hydrogens is 388 g/mol. The molecule has 28 heavy (non-hydrogen) atoms. The zero-order chi connectivity index (χ0) is 19.5. The van der Waals surface area contributed by atoms with Gasteiger partial charge in [-0.1, -0.05) is 6.07 Å². The predicted molar refractivity (Wildman–Crippen MR) is 112 cm³/mol. The lowest BCUT2D eigenvalue weighted by Gasteiger charge is -2.02. The van der Waals surface area contributed by atoms with Gasteiger partial charge in [-0.25, -0.2) is 9.97 Å². The van der Waals surface area contributed by atoms with E-state index in [9.17, 15) is 4.79 Å². The minimum absolute atomic E-state index is 0.0413. The van der Waals surface area contributed by atoms with Gasteiger partial charge in [-0.3, -0.25) is 14.8 Å². The average Bonchev–Trinajstić information content (AvgIpc) is 3.28. The molecule has 0 atom stereocenters. The van der Waals surface area contributed by atoms with Crippen molar-refractivity contribution >= 4 is 28.5 Å². The molecule has 0 saturated carbocycles. The summed E-state index contributed by atoms with van der Waals surface area (Å²) in [6.45, 7) is 4.02. The lowest BCUT2D eigenvalue weighted by Crippen LogP contribution is -2.05. The van der Waals surface area contributed by atoms with E-state index in [-0.39, 0.29) is 5.78 Å². The molecule has 0 spiro atoms. The van der Waals surface area contributed by atoms with Crippen LogP contribution in [-0.2, 0) is 12.8 Å². The second-order valence-corrected chi connectivity index (χ2v) is 8.60. The van der Waals surface area contributed by atoms with Gasteiger partial charge in [-0.05, 0) is 37.6 Å². The summed E-state index contributed by atoms with van der Waals surface area (Å²) in [5, 5.41) is 4.12. The molecule has 0 fully saturated rings. The molecule has 0 aliphatic rings. The molecule has 4 aromatic heterocycles. The van der Waals surface area contributed by atoms with E-state index in [1.54, 1.807) is 41.3 Å². The monoisotopic (exact) mass is 406 g/mol. The highest BCUT2D eigenvalue weighted by Gasteiger charge is 2.13. The number of carbonyl (C=O) groups excluding carboxylic acids is 1. The van der Waals surface area contributed by atoms with Gasteiger partial charge in [0, 0.05) is 48.1 Å². The van der Waals surface area contributed by atoms with Gasteiger partial charge >= 0.3 is 0 Å². The molecule has 4 heterocycles. The molecule has 5 nitrogen and oxygen atoms in total. The molecule has 0 aromatic carbocycles. The molecule has 0 radical (unpaired) electrons. The number of hydrogen-bond acceptors (Lipinski definition) is 7. The number of pyridine rings is 2. The third-order valence-electron chi connectivity index (χ3n) is 4.25. The number of aromatic nitrogens is 4. The molecule has 0 bridgehead atoms. The number of thiazole rings is 2. The van der Waals surface area contributed by atoms with Crippen LogP contribution in [0.2, 0.25) is 0 Å². The van der Waals surface area contributed by atoms with Gasteiger partial charge in [-0.2, -0.15) is 0 Å². The van der Waals surface area contributed by atoms with Crippen molar-refractivity contribution in [1.82, 2.24) is 19.9 Å². The summed E-state index contributed by atoms with van der Waals surface area (Å²) >= 11 is 3.29. The van der Waals surface area contributed by atoms with Gasteiger partial charge in [0.2, 0.25) is 0 Å². The number of aryl methyl sites for hydroxylation is 2. The Kier molecular flexibility index (Phi) is 5.36. The number of Topliss-reactive ketones (excluding diaryl/α,β-unsaturated/α-hetero) is 1. The maximum Gasteiger partial charge on any atom is 0.168 e. The Balaban J connectivity index is 1.43. The largest absolute Gasteiger partial charge is 0.294 e. The lowest BCUT2D eigenvalue weighted by molar-refractivity contribution is 0.0992. The highest BCUT2D eigenvalue weighted by Crippen LogP contribution is 2.31. The Morgan fingerprint density at radius 2 is 2.00 bits per heavy atom. The first-order chi connectivity index (χ1) is 13.6. The van der Waals surface area contributed by atoms with Gasteiger partial charge in [-0.15, -0.1) is 22.7 Å². The normalized spacial score (nSPS) is 10.9. The zero-order valence-corrected chi connectivity index (χ0v) is 17.2. The SMILES string of the molecule is Cc1nc(C)c(-c2csc(Cc3ccc(C(=O)Cc4cccnc4)cn3)n2)s1. The van der Waals surface area contributed by atoms with Crippen molar-refractivity contribution in [3.63, 3.8) is 0 Å². The molecule has 0 N–H and O–H groups in total. The van der Waals surface area contributed by atoms with Crippen LogP contribution in [0.4, 0.5) is 0 Å². The Hall–Kier alpha value is -2.77. The van der Waals surface area contributed by atoms with Crippen LogP contribution < -0.4 is 0 Å². The first kappa shape index (κ1) is 18.6. The quantitative estimate of drug-likeness (QED) is 0.435. The van der Waals surface area contributed by atoms with E-state index >= 15 is 0 Å². The summed E-state index contributed by atoms with van der Waals surface area (Å²) in [4.78, 5) is 31.2. The van der Waals surface area contributed by atoms with Crippen molar-refractivity contribution in [3.05, 3.63) is 80.8 Å². The first-order valence-corrected chi connectivity index (χ1v) is 10.5. The average molecular weight is 407 g/mol. The molecule has 0 unspecified atom stereocenters. The molecule has 0 saturated heterocycles. The highest BCUT2D eigenvalue weighted by atomic mass is 32.1. The third kappa shape index (κ3) is 4.21. The van der Waals surface area contributed by atoms with Crippen LogP contribution in [0, 0.1) is 13.8 Å². The maximum atomic E-state index is 12.4. The summed E-state index contributed by atoms with van der Waals surface area (Å²) in [6.07, 6.45) is 6.05. The van der Waals surface area contributed by atoms with Crippen molar-refractivity contribution in [2.45, 2.75) is 26.7 Å². The Morgan fingerprint density at radius 3 is 2.68 bits per heavy atom. The van der Waals surface area contributed by atoms with Gasteiger partial charge in [0.1, 0.15) is 0 Å². The number of carbonyl (C=O) groups is 1. The second kappa shape index (κ2) is 8.08. The van der Waals surface area contributed by atoms with Crippen LogP contribution in [0.25, 0.3) is 10.6 Å². The first-order valence-electron chi connectivity index (χ1n) is 8.84. The number of rotatable bonds is 6. The van der Waals surface area contributed by atoms with Crippen molar-refractivity contribution in [2.75, 3.05) is 0 Å². The topological polar surface area (TPSA) is 68.6 Å². The molecule has 0 amide bonds. The summed E-state index contributed by atoms with van der Waals surface area (Å²) in [7, 11) is 0. The van der Waals surface area contributed by atoms with E-state index in [4.69, 9.17) is 4.98 Å². The van der Waals surface area contributed by atoms with Crippen LogP contribution in [-0.4, -0.2) is 25.7 Å². The van der Waals surface area contributed by atoms with Crippen molar-refractivity contribution in [1.29, 1.82) is 0 Å². The van der Waals surface area contributed by atoms with Crippen molar-refractivity contribution < 1.29 is 4.79 Å². The van der Waals surface area contributed by atoms with E-state index in [2.05, 4.69) is 20.3 Å². The molecule has 4 rings (SSSR count). The van der Waals surface area contributed by atoms with Crippen molar-refractivity contribution in [3.8, 4) is 10.6 Å². The van der Waals surface area contributed by atoms with E-state index < -0.39 is 0 Å². The summed E-state index contributed by atoms with van der Waals surface area (Å²) in [5.74, 6) is 0.0413. The van der Waals surface area contributed by atoms with E-state index in [0.717, 1.165) is 37.5 Å². The molecule has 4 aromatic rings. The van der Waals surface area contributed by atoms with Gasteiger partial charge in [0.25, 0.3) is 0 Å². The fraction of sp³-hybridized carbons (Fsp3) is 0.190. The van der Waals surface area contributed by atoms with Gasteiger partial charge in [0.05, 0.1) is 26.3 Å². The summed E-state index contributed by atoms with van der Waals surface area (Å²) in [6, 6.07) is 7.48. The number of hydrogen-bond donors (Lipinski definition) is 0. The summed E-state index contributed by atoms with van der Waals surface area (Å²) in [5.41, 5.74) is 4.42. The third-order valence-corrected chi connectivity index (χ3v) is 6.20. The maximum absolute atomic E-state index is 12.4. The number of ketones is 1. The predicted octanol–water partition coefficient (Wildman–Crippen LogP) is 4.69. The Morgan fingerprint density at radius 1 is 1.11 bits per heavy atom. The fourth-order valence-corrected chi connectivity index (χ4v) is 4.66. The summed E-state index contributed by atoms with van der Waals surface area (Å²) < 4.78 is 0.